The lowest BCUT2D eigenvalue weighted by molar-refractivity contribution is 0.695. The van der Waals surface area contributed by atoms with Crippen LogP contribution in [0.1, 0.15) is 37.8 Å². The molecule has 11 heavy (non-hydrogen) atoms. The van der Waals surface area contributed by atoms with Gasteiger partial charge in [0.1, 0.15) is 5.82 Å². The Labute approximate surface area is 67.2 Å². The third-order valence-electron chi connectivity index (χ3n) is 1.65. The van der Waals surface area contributed by atoms with Crippen molar-refractivity contribution in [2.45, 2.75) is 39.5 Å². The molecule has 0 atom stereocenters. The SMILES string of the molecule is CCCCCc1n[nH]c(C)n1. The van der Waals surface area contributed by atoms with E-state index in [1.54, 1.807) is 0 Å². The van der Waals surface area contributed by atoms with Gasteiger partial charge in [-0.1, -0.05) is 19.8 Å². The van der Waals surface area contributed by atoms with Crippen LogP contribution in [0.15, 0.2) is 0 Å². The molecule has 0 aromatic carbocycles. The molecule has 1 heterocycles. The molecule has 0 aliphatic carbocycles. The fraction of sp³-hybridized carbons (Fsp3) is 0.750. The van der Waals surface area contributed by atoms with E-state index in [0.717, 1.165) is 18.1 Å². The zero-order valence-corrected chi connectivity index (χ0v) is 7.22. The molecule has 0 radical (unpaired) electrons. The van der Waals surface area contributed by atoms with Crippen molar-refractivity contribution < 1.29 is 0 Å². The van der Waals surface area contributed by atoms with Gasteiger partial charge in [0.25, 0.3) is 0 Å². The first kappa shape index (κ1) is 8.24. The second-order valence-electron chi connectivity index (χ2n) is 2.79. The molecule has 3 heteroatoms. The van der Waals surface area contributed by atoms with Crippen LogP contribution in [0.25, 0.3) is 0 Å². The average Bonchev–Trinajstić information content (AvgIpc) is 2.37. The van der Waals surface area contributed by atoms with Gasteiger partial charge in [0.05, 0.1) is 0 Å². The van der Waals surface area contributed by atoms with E-state index in [9.17, 15) is 0 Å². The molecule has 0 saturated carbocycles. The second-order valence-corrected chi connectivity index (χ2v) is 2.79. The summed E-state index contributed by atoms with van der Waals surface area (Å²) in [7, 11) is 0. The molecule has 1 N–H and O–H groups in total. The zero-order chi connectivity index (χ0) is 8.10. The van der Waals surface area contributed by atoms with Crippen molar-refractivity contribution in [1.29, 1.82) is 0 Å². The van der Waals surface area contributed by atoms with E-state index in [-0.39, 0.29) is 0 Å². The third-order valence-corrected chi connectivity index (χ3v) is 1.65. The molecule has 3 nitrogen and oxygen atoms in total. The van der Waals surface area contributed by atoms with E-state index < -0.39 is 0 Å². The van der Waals surface area contributed by atoms with E-state index in [4.69, 9.17) is 0 Å². The molecule has 0 bridgehead atoms. The molecule has 1 aromatic heterocycles. The normalized spacial score (nSPS) is 10.4. The molecule has 0 aliphatic heterocycles. The Morgan fingerprint density at radius 1 is 1.36 bits per heavy atom. The Morgan fingerprint density at radius 3 is 2.73 bits per heavy atom. The summed E-state index contributed by atoms with van der Waals surface area (Å²) in [5, 5.41) is 6.89. The van der Waals surface area contributed by atoms with E-state index in [2.05, 4.69) is 22.1 Å². The number of aromatic nitrogens is 3. The molecule has 0 unspecified atom stereocenters. The van der Waals surface area contributed by atoms with Crippen LogP contribution in [0.3, 0.4) is 0 Å². The Bertz CT molecular complexity index is 205. The first-order valence-corrected chi connectivity index (χ1v) is 4.21. The van der Waals surface area contributed by atoms with Gasteiger partial charge in [-0.25, -0.2) is 4.98 Å². The third kappa shape index (κ3) is 2.70. The van der Waals surface area contributed by atoms with Crippen LogP contribution >= 0.6 is 0 Å². The van der Waals surface area contributed by atoms with E-state index in [1.807, 2.05) is 6.92 Å². The number of unbranched alkanes of at least 4 members (excludes halogenated alkanes) is 2. The molecule has 1 aromatic rings. The minimum absolute atomic E-state index is 0.913. The maximum Gasteiger partial charge on any atom is 0.150 e. The molecule has 0 spiro atoms. The van der Waals surface area contributed by atoms with E-state index in [1.165, 1.54) is 19.3 Å². The highest BCUT2D eigenvalue weighted by molar-refractivity contribution is 4.87. The molecule has 62 valence electrons. The van der Waals surface area contributed by atoms with Crippen LogP contribution in [0, 0.1) is 6.92 Å². The number of aromatic amines is 1. The van der Waals surface area contributed by atoms with Gasteiger partial charge in [-0.15, -0.1) is 0 Å². The highest BCUT2D eigenvalue weighted by Crippen LogP contribution is 2.00. The van der Waals surface area contributed by atoms with Crippen molar-refractivity contribution in [3.63, 3.8) is 0 Å². The molecular formula is C8H15N3. The summed E-state index contributed by atoms with van der Waals surface area (Å²) >= 11 is 0. The monoisotopic (exact) mass is 153 g/mol. The molecular weight excluding hydrogens is 138 g/mol. The van der Waals surface area contributed by atoms with Gasteiger partial charge in [0.2, 0.25) is 0 Å². The Balaban J connectivity index is 2.27. The fourth-order valence-corrected chi connectivity index (χ4v) is 1.03. The molecule has 1 rings (SSSR count). The maximum absolute atomic E-state index is 4.22. The molecule has 0 amide bonds. The number of hydrogen-bond donors (Lipinski definition) is 1. The molecule has 0 aliphatic rings. The van der Waals surface area contributed by atoms with Gasteiger partial charge in [-0.05, 0) is 13.3 Å². The Hall–Kier alpha value is -0.860. The summed E-state index contributed by atoms with van der Waals surface area (Å²) in [5.41, 5.74) is 0. The molecule has 0 saturated heterocycles. The van der Waals surface area contributed by atoms with Gasteiger partial charge in [-0.3, -0.25) is 5.10 Å². The first-order chi connectivity index (χ1) is 5.33. The van der Waals surface area contributed by atoms with Crippen LogP contribution in [0.2, 0.25) is 0 Å². The minimum Gasteiger partial charge on any atom is -0.263 e. The predicted octanol–water partition coefficient (Wildman–Crippen LogP) is 1.85. The van der Waals surface area contributed by atoms with Crippen LogP contribution in [-0.4, -0.2) is 15.2 Å². The highest BCUT2D eigenvalue weighted by atomic mass is 15.2. The van der Waals surface area contributed by atoms with Crippen molar-refractivity contribution in [1.82, 2.24) is 15.2 Å². The van der Waals surface area contributed by atoms with Crippen LogP contribution in [0.5, 0.6) is 0 Å². The van der Waals surface area contributed by atoms with Gasteiger partial charge in [0.15, 0.2) is 5.82 Å². The van der Waals surface area contributed by atoms with Crippen LogP contribution in [0.4, 0.5) is 0 Å². The first-order valence-electron chi connectivity index (χ1n) is 4.21. The maximum atomic E-state index is 4.22. The van der Waals surface area contributed by atoms with Crippen molar-refractivity contribution in [2.75, 3.05) is 0 Å². The Morgan fingerprint density at radius 2 is 2.18 bits per heavy atom. The van der Waals surface area contributed by atoms with Crippen molar-refractivity contribution in [3.8, 4) is 0 Å². The quantitative estimate of drug-likeness (QED) is 0.671. The van der Waals surface area contributed by atoms with Gasteiger partial charge < -0.3 is 0 Å². The average molecular weight is 153 g/mol. The lowest BCUT2D eigenvalue weighted by Crippen LogP contribution is -1.87. The lowest BCUT2D eigenvalue weighted by Gasteiger charge is -1.91. The summed E-state index contributed by atoms with van der Waals surface area (Å²) in [4.78, 5) is 4.22. The van der Waals surface area contributed by atoms with Crippen molar-refractivity contribution in [3.05, 3.63) is 11.6 Å². The largest absolute Gasteiger partial charge is 0.263 e. The van der Waals surface area contributed by atoms with E-state index >= 15 is 0 Å². The smallest absolute Gasteiger partial charge is 0.150 e. The number of nitrogens with zero attached hydrogens (tertiary/aromatic N) is 2. The number of H-pyrrole nitrogens is 1. The summed E-state index contributed by atoms with van der Waals surface area (Å²) in [5.74, 6) is 1.87. The van der Waals surface area contributed by atoms with Crippen molar-refractivity contribution in [2.24, 2.45) is 0 Å². The summed E-state index contributed by atoms with van der Waals surface area (Å²) < 4.78 is 0. The fourth-order valence-electron chi connectivity index (χ4n) is 1.03. The lowest BCUT2D eigenvalue weighted by atomic mass is 10.2. The summed E-state index contributed by atoms with van der Waals surface area (Å²) in [6.45, 7) is 4.12. The topological polar surface area (TPSA) is 41.6 Å². The summed E-state index contributed by atoms with van der Waals surface area (Å²) in [6.07, 6.45) is 4.74. The predicted molar refractivity (Wildman–Crippen MR) is 44.3 cm³/mol. The molecule has 0 fully saturated rings. The zero-order valence-electron chi connectivity index (χ0n) is 7.22. The standard InChI is InChI=1S/C8H15N3/c1-3-4-5-6-8-9-7(2)10-11-8/h3-6H2,1-2H3,(H,9,10,11). The van der Waals surface area contributed by atoms with Gasteiger partial charge >= 0.3 is 0 Å². The number of hydrogen-bond acceptors (Lipinski definition) is 2. The minimum atomic E-state index is 0.913. The van der Waals surface area contributed by atoms with Gasteiger partial charge in [-0.2, -0.15) is 5.10 Å². The number of aryl methyl sites for hydroxylation is 2. The summed E-state index contributed by atoms with van der Waals surface area (Å²) in [6, 6.07) is 0. The van der Waals surface area contributed by atoms with E-state index in [0.29, 0.717) is 0 Å². The number of rotatable bonds is 4. The number of nitrogens with one attached hydrogen (secondary N) is 1. The highest BCUT2D eigenvalue weighted by Gasteiger charge is 1.97. The van der Waals surface area contributed by atoms with Crippen molar-refractivity contribution >= 4 is 0 Å². The van der Waals surface area contributed by atoms with Gasteiger partial charge in [0, 0.05) is 6.42 Å². The second kappa shape index (κ2) is 4.11. The Kier molecular flexibility index (Phi) is 3.08. The van der Waals surface area contributed by atoms with Crippen LogP contribution < -0.4 is 0 Å². The van der Waals surface area contributed by atoms with Crippen LogP contribution in [-0.2, 0) is 6.42 Å².